The average molecular weight is 295 g/mol. The molecule has 22 heavy (non-hydrogen) atoms. The molecule has 0 spiro atoms. The number of hydrogen-bond acceptors (Lipinski definition) is 4. The van der Waals surface area contributed by atoms with Crippen LogP contribution in [0.25, 0.3) is 0 Å². The predicted molar refractivity (Wildman–Crippen MR) is 84.2 cm³/mol. The van der Waals surface area contributed by atoms with Crippen LogP contribution in [0.3, 0.4) is 0 Å². The third-order valence-corrected chi connectivity index (χ3v) is 4.04. The minimum absolute atomic E-state index is 0.373. The van der Waals surface area contributed by atoms with Gasteiger partial charge in [0.05, 0.1) is 18.2 Å². The Morgan fingerprint density at radius 3 is 3.09 bits per heavy atom. The molecule has 1 aliphatic heterocycles. The molecule has 0 bridgehead atoms. The van der Waals surface area contributed by atoms with Crippen LogP contribution < -0.4 is 5.32 Å². The van der Waals surface area contributed by atoms with Gasteiger partial charge in [0.1, 0.15) is 5.82 Å². The highest BCUT2D eigenvalue weighted by Crippen LogP contribution is 2.17. The highest BCUT2D eigenvalue weighted by molar-refractivity contribution is 5.32. The van der Waals surface area contributed by atoms with Crippen LogP contribution in [0.4, 0.5) is 0 Å². The first-order chi connectivity index (χ1) is 10.7. The van der Waals surface area contributed by atoms with Gasteiger partial charge in [0, 0.05) is 24.9 Å². The van der Waals surface area contributed by atoms with Gasteiger partial charge in [-0.15, -0.1) is 0 Å². The molecular formula is C17H21N5. The molecule has 0 aliphatic carbocycles. The van der Waals surface area contributed by atoms with Crippen LogP contribution in [-0.2, 0) is 19.5 Å². The van der Waals surface area contributed by atoms with Crippen molar-refractivity contribution in [1.82, 2.24) is 20.1 Å². The van der Waals surface area contributed by atoms with E-state index < -0.39 is 0 Å². The summed E-state index contributed by atoms with van der Waals surface area (Å²) in [7, 11) is 0. The van der Waals surface area contributed by atoms with Crippen molar-refractivity contribution in [3.63, 3.8) is 0 Å². The van der Waals surface area contributed by atoms with Crippen molar-refractivity contribution >= 4 is 0 Å². The number of nitrogens with one attached hydrogen (secondary N) is 1. The minimum Gasteiger partial charge on any atom is -0.308 e. The SMILES string of the molecule is CC(C)c1nc2n(n1)CC(NCc1cccc(C#N)c1)CC2. The second kappa shape index (κ2) is 6.29. The monoisotopic (exact) mass is 295 g/mol. The lowest BCUT2D eigenvalue weighted by molar-refractivity contribution is 0.357. The van der Waals surface area contributed by atoms with Crippen LogP contribution in [0.5, 0.6) is 0 Å². The van der Waals surface area contributed by atoms with E-state index in [-0.39, 0.29) is 0 Å². The Kier molecular flexibility index (Phi) is 4.21. The molecule has 0 fully saturated rings. The maximum atomic E-state index is 8.95. The van der Waals surface area contributed by atoms with Gasteiger partial charge >= 0.3 is 0 Å². The first-order valence-corrected chi connectivity index (χ1v) is 7.81. The van der Waals surface area contributed by atoms with E-state index in [0.29, 0.717) is 17.5 Å². The topological polar surface area (TPSA) is 66.5 Å². The third kappa shape index (κ3) is 3.18. The Bertz CT molecular complexity index is 695. The Hall–Kier alpha value is -2.19. The lowest BCUT2D eigenvalue weighted by Crippen LogP contribution is -2.37. The van der Waals surface area contributed by atoms with Gasteiger partial charge in [-0.1, -0.05) is 26.0 Å². The molecule has 1 unspecified atom stereocenters. The number of nitrogens with zero attached hydrogens (tertiary/aromatic N) is 4. The van der Waals surface area contributed by atoms with Crippen molar-refractivity contribution in [1.29, 1.82) is 5.26 Å². The maximum Gasteiger partial charge on any atom is 0.153 e. The van der Waals surface area contributed by atoms with Crippen LogP contribution in [0.2, 0.25) is 0 Å². The summed E-state index contributed by atoms with van der Waals surface area (Å²) in [5, 5.41) is 17.1. The van der Waals surface area contributed by atoms with E-state index in [0.717, 1.165) is 43.1 Å². The quantitative estimate of drug-likeness (QED) is 0.940. The summed E-state index contributed by atoms with van der Waals surface area (Å²) < 4.78 is 2.04. The molecule has 0 saturated carbocycles. The lowest BCUT2D eigenvalue weighted by atomic mass is 10.1. The van der Waals surface area contributed by atoms with Crippen molar-refractivity contribution in [2.45, 2.75) is 51.7 Å². The van der Waals surface area contributed by atoms with Gasteiger partial charge in [-0.2, -0.15) is 10.4 Å². The van der Waals surface area contributed by atoms with Crippen molar-refractivity contribution < 1.29 is 0 Å². The molecule has 1 aromatic heterocycles. The minimum atomic E-state index is 0.373. The van der Waals surface area contributed by atoms with Gasteiger partial charge in [-0.05, 0) is 24.1 Å². The summed E-state index contributed by atoms with van der Waals surface area (Å²) in [5.41, 5.74) is 1.86. The van der Waals surface area contributed by atoms with E-state index in [2.05, 4.69) is 41.4 Å². The Labute approximate surface area is 131 Å². The zero-order valence-corrected chi connectivity index (χ0v) is 13.1. The summed E-state index contributed by atoms with van der Waals surface area (Å²) in [5.74, 6) is 2.42. The largest absolute Gasteiger partial charge is 0.308 e. The zero-order valence-electron chi connectivity index (χ0n) is 13.1. The molecule has 114 valence electrons. The molecule has 2 aromatic rings. The lowest BCUT2D eigenvalue weighted by Gasteiger charge is -2.23. The molecular weight excluding hydrogens is 274 g/mol. The summed E-state index contributed by atoms with van der Waals surface area (Å²) in [6.07, 6.45) is 2.05. The summed E-state index contributed by atoms with van der Waals surface area (Å²) in [4.78, 5) is 4.61. The van der Waals surface area contributed by atoms with E-state index in [1.807, 2.05) is 22.9 Å². The molecule has 0 amide bonds. The van der Waals surface area contributed by atoms with Crippen molar-refractivity contribution in [3.8, 4) is 6.07 Å². The number of rotatable bonds is 4. The van der Waals surface area contributed by atoms with Gasteiger partial charge in [-0.25, -0.2) is 9.67 Å². The maximum absolute atomic E-state index is 8.95. The molecule has 1 aromatic carbocycles. The molecule has 0 radical (unpaired) electrons. The Morgan fingerprint density at radius 2 is 2.32 bits per heavy atom. The van der Waals surface area contributed by atoms with Gasteiger partial charge in [0.25, 0.3) is 0 Å². The zero-order chi connectivity index (χ0) is 15.5. The Morgan fingerprint density at radius 1 is 1.45 bits per heavy atom. The predicted octanol–water partition coefficient (Wildman–Crippen LogP) is 2.38. The first-order valence-electron chi connectivity index (χ1n) is 7.81. The molecule has 0 saturated heterocycles. The Balaban J connectivity index is 1.61. The van der Waals surface area contributed by atoms with Crippen molar-refractivity contribution in [2.75, 3.05) is 0 Å². The number of fused-ring (bicyclic) bond motifs is 1. The van der Waals surface area contributed by atoms with E-state index in [9.17, 15) is 0 Å². The van der Waals surface area contributed by atoms with E-state index in [1.54, 1.807) is 0 Å². The fourth-order valence-electron chi connectivity index (χ4n) is 2.75. The molecule has 5 heteroatoms. The molecule has 1 atom stereocenters. The first kappa shape index (κ1) is 14.7. The average Bonchev–Trinajstić information content (AvgIpc) is 2.96. The number of aromatic nitrogens is 3. The van der Waals surface area contributed by atoms with Crippen LogP contribution >= 0.6 is 0 Å². The number of benzene rings is 1. The van der Waals surface area contributed by atoms with Crippen LogP contribution in [0, 0.1) is 11.3 Å². The molecule has 2 heterocycles. The van der Waals surface area contributed by atoms with Crippen molar-refractivity contribution in [3.05, 3.63) is 47.0 Å². The molecule has 5 nitrogen and oxygen atoms in total. The van der Waals surface area contributed by atoms with Gasteiger partial charge in [0.2, 0.25) is 0 Å². The highest BCUT2D eigenvalue weighted by atomic mass is 15.4. The molecule has 1 aliphatic rings. The summed E-state index contributed by atoms with van der Waals surface area (Å²) in [6, 6.07) is 10.3. The van der Waals surface area contributed by atoms with Gasteiger partial charge in [0.15, 0.2) is 5.82 Å². The van der Waals surface area contributed by atoms with Crippen molar-refractivity contribution in [2.24, 2.45) is 0 Å². The normalized spacial score (nSPS) is 17.3. The van der Waals surface area contributed by atoms with Crippen LogP contribution in [0.15, 0.2) is 24.3 Å². The fourth-order valence-corrected chi connectivity index (χ4v) is 2.75. The fraction of sp³-hybridized carbons (Fsp3) is 0.471. The van der Waals surface area contributed by atoms with Gasteiger partial charge in [-0.3, -0.25) is 0 Å². The van der Waals surface area contributed by atoms with Gasteiger partial charge < -0.3 is 5.32 Å². The van der Waals surface area contributed by atoms with Crippen LogP contribution in [0.1, 0.15) is 49.0 Å². The van der Waals surface area contributed by atoms with E-state index in [4.69, 9.17) is 5.26 Å². The standard InChI is InChI=1S/C17H21N5/c1-12(2)17-20-16-7-6-15(11-22(16)21-17)19-10-14-5-3-4-13(8-14)9-18/h3-5,8,12,15,19H,6-7,10-11H2,1-2H3. The van der Waals surface area contributed by atoms with E-state index in [1.165, 1.54) is 0 Å². The number of aryl methyl sites for hydroxylation is 1. The molecule has 1 N–H and O–H groups in total. The van der Waals surface area contributed by atoms with Crippen LogP contribution in [-0.4, -0.2) is 20.8 Å². The second-order valence-corrected chi connectivity index (χ2v) is 6.15. The number of nitriles is 1. The highest BCUT2D eigenvalue weighted by Gasteiger charge is 2.21. The number of hydrogen-bond donors (Lipinski definition) is 1. The smallest absolute Gasteiger partial charge is 0.153 e. The summed E-state index contributed by atoms with van der Waals surface area (Å²) >= 11 is 0. The second-order valence-electron chi connectivity index (χ2n) is 6.15. The van der Waals surface area contributed by atoms with E-state index >= 15 is 0 Å². The molecule has 3 rings (SSSR count). The summed E-state index contributed by atoms with van der Waals surface area (Å²) in [6.45, 7) is 5.90. The third-order valence-electron chi connectivity index (χ3n) is 4.04.